The third-order valence-corrected chi connectivity index (χ3v) is 7.75. The van der Waals surface area contributed by atoms with Crippen LogP contribution in [0.3, 0.4) is 0 Å². The summed E-state index contributed by atoms with van der Waals surface area (Å²) in [6.45, 7) is 7.08. The van der Waals surface area contributed by atoms with Crippen LogP contribution in [0, 0.1) is 5.92 Å². The molecular formula is C31H37ClN2O. The van der Waals surface area contributed by atoms with Gasteiger partial charge in [-0.05, 0) is 79.6 Å². The molecule has 0 unspecified atom stereocenters. The van der Waals surface area contributed by atoms with Crippen molar-refractivity contribution < 1.29 is 4.74 Å². The fraction of sp³-hybridized carbons (Fsp3) is 0.419. The second-order valence-corrected chi connectivity index (χ2v) is 10.7. The highest BCUT2D eigenvalue weighted by atomic mass is 35.5. The summed E-state index contributed by atoms with van der Waals surface area (Å²) in [4.78, 5) is 5.08. The first-order chi connectivity index (χ1) is 17.2. The summed E-state index contributed by atoms with van der Waals surface area (Å²) in [6, 6.07) is 25.9. The number of piperidine rings is 1. The first kappa shape index (κ1) is 24.4. The van der Waals surface area contributed by atoms with Gasteiger partial charge in [-0.2, -0.15) is 0 Å². The zero-order chi connectivity index (χ0) is 23.9. The smallest absolute Gasteiger partial charge is 0.123 e. The highest BCUT2D eigenvalue weighted by Gasteiger charge is 2.20. The van der Waals surface area contributed by atoms with Crippen molar-refractivity contribution in [1.29, 1.82) is 0 Å². The quantitative estimate of drug-likeness (QED) is 0.340. The van der Waals surface area contributed by atoms with Crippen LogP contribution in [0.5, 0.6) is 5.75 Å². The zero-order valence-corrected chi connectivity index (χ0v) is 21.4. The molecule has 0 N–H and O–H groups in total. The Morgan fingerprint density at radius 1 is 0.771 bits per heavy atom. The number of nitrogens with zero attached hydrogens (tertiary/aromatic N) is 2. The molecule has 1 fully saturated rings. The van der Waals surface area contributed by atoms with Gasteiger partial charge in [-0.3, -0.25) is 9.80 Å². The molecule has 0 atom stereocenters. The number of aryl methyl sites for hydroxylation is 1. The lowest BCUT2D eigenvalue weighted by atomic mass is 9.90. The third-order valence-electron chi connectivity index (χ3n) is 7.51. The van der Waals surface area contributed by atoms with Crippen molar-refractivity contribution in [2.45, 2.75) is 51.7 Å². The van der Waals surface area contributed by atoms with Crippen LogP contribution >= 0.6 is 11.6 Å². The number of hydrogen-bond donors (Lipinski definition) is 0. The number of benzene rings is 3. The maximum Gasteiger partial charge on any atom is 0.123 e. The molecular weight excluding hydrogens is 452 g/mol. The minimum Gasteiger partial charge on any atom is -0.492 e. The largest absolute Gasteiger partial charge is 0.492 e. The zero-order valence-electron chi connectivity index (χ0n) is 20.7. The van der Waals surface area contributed by atoms with Crippen LogP contribution in [0.1, 0.15) is 47.9 Å². The van der Waals surface area contributed by atoms with Crippen LogP contribution in [0.4, 0.5) is 0 Å². The van der Waals surface area contributed by atoms with Crippen LogP contribution in [0.2, 0.25) is 5.02 Å². The fourth-order valence-electron chi connectivity index (χ4n) is 5.56. The van der Waals surface area contributed by atoms with Gasteiger partial charge in [0.2, 0.25) is 0 Å². The van der Waals surface area contributed by atoms with Gasteiger partial charge < -0.3 is 4.74 Å². The molecule has 4 heteroatoms. The number of rotatable bonds is 8. The van der Waals surface area contributed by atoms with Gasteiger partial charge in [0.1, 0.15) is 12.4 Å². The van der Waals surface area contributed by atoms with E-state index in [9.17, 15) is 0 Å². The van der Waals surface area contributed by atoms with E-state index in [-0.39, 0.29) is 0 Å². The van der Waals surface area contributed by atoms with E-state index in [0.29, 0.717) is 0 Å². The average Bonchev–Trinajstić information content (AvgIpc) is 3.07. The fourth-order valence-corrected chi connectivity index (χ4v) is 5.77. The van der Waals surface area contributed by atoms with E-state index < -0.39 is 0 Å². The second kappa shape index (κ2) is 12.1. The van der Waals surface area contributed by atoms with Gasteiger partial charge in [-0.25, -0.2) is 0 Å². The molecule has 0 aromatic heterocycles. The minimum atomic E-state index is 0.759. The van der Waals surface area contributed by atoms with Crippen molar-refractivity contribution in [3.63, 3.8) is 0 Å². The molecule has 0 spiro atoms. The summed E-state index contributed by atoms with van der Waals surface area (Å²) in [7, 11) is 0. The highest BCUT2D eigenvalue weighted by molar-refractivity contribution is 6.30. The summed E-state index contributed by atoms with van der Waals surface area (Å²) in [6.07, 6.45) is 6.39. The molecule has 3 aromatic rings. The molecule has 0 radical (unpaired) electrons. The van der Waals surface area contributed by atoms with Crippen LogP contribution < -0.4 is 4.74 Å². The molecule has 1 saturated heterocycles. The molecule has 2 heterocycles. The molecule has 5 rings (SSSR count). The highest BCUT2D eigenvalue weighted by Crippen LogP contribution is 2.28. The Balaban J connectivity index is 1.08. The Morgan fingerprint density at radius 3 is 2.40 bits per heavy atom. The molecule has 0 aliphatic carbocycles. The van der Waals surface area contributed by atoms with Gasteiger partial charge in [0.25, 0.3) is 0 Å². The van der Waals surface area contributed by atoms with Crippen molar-refractivity contribution in [2.75, 3.05) is 26.2 Å². The van der Waals surface area contributed by atoms with Crippen molar-refractivity contribution >= 4 is 11.6 Å². The van der Waals surface area contributed by atoms with E-state index in [1.54, 1.807) is 0 Å². The van der Waals surface area contributed by atoms with Crippen molar-refractivity contribution in [3.8, 4) is 5.75 Å². The van der Waals surface area contributed by atoms with Gasteiger partial charge in [-0.15, -0.1) is 0 Å². The maximum atomic E-state index is 6.15. The number of hydrogen-bond acceptors (Lipinski definition) is 3. The Kier molecular flexibility index (Phi) is 8.41. The van der Waals surface area contributed by atoms with E-state index in [4.69, 9.17) is 16.3 Å². The number of fused-ring (bicyclic) bond motifs is 1. The normalized spacial score (nSPS) is 17.5. The minimum absolute atomic E-state index is 0.759. The lowest BCUT2D eigenvalue weighted by Gasteiger charge is -2.32. The van der Waals surface area contributed by atoms with Gasteiger partial charge >= 0.3 is 0 Å². The molecule has 2 aliphatic heterocycles. The second-order valence-electron chi connectivity index (χ2n) is 10.2. The third kappa shape index (κ3) is 7.10. The monoisotopic (exact) mass is 488 g/mol. The lowest BCUT2D eigenvalue weighted by molar-refractivity contribution is 0.171. The summed E-state index contributed by atoms with van der Waals surface area (Å²) in [5.74, 6) is 1.92. The summed E-state index contributed by atoms with van der Waals surface area (Å²) < 4.78 is 6.08. The SMILES string of the molecule is Clc1cccc(CN2CCC(CCCc3ccc4c(c3)CN(Cc3ccccc3)CCO4)CC2)c1. The van der Waals surface area contributed by atoms with Crippen LogP contribution in [0.25, 0.3) is 0 Å². The summed E-state index contributed by atoms with van der Waals surface area (Å²) in [5.41, 5.74) is 5.48. The number of halogens is 1. The standard InChI is InChI=1S/C31H37ClN2O/c32-30-11-5-10-28(21-30)23-33-16-14-25(15-17-33)8-4-9-26-12-13-31-29(20-26)24-34(18-19-35-31)22-27-6-2-1-3-7-27/h1-3,5-7,10-13,20-21,25H,4,8-9,14-19,22-24H2. The summed E-state index contributed by atoms with van der Waals surface area (Å²) >= 11 is 6.15. The van der Waals surface area contributed by atoms with Gasteiger partial charge in [0, 0.05) is 36.8 Å². The van der Waals surface area contributed by atoms with Crippen LogP contribution in [-0.4, -0.2) is 36.0 Å². The molecule has 2 aliphatic rings. The lowest BCUT2D eigenvalue weighted by Crippen LogP contribution is -2.33. The van der Waals surface area contributed by atoms with Crippen molar-refractivity contribution in [1.82, 2.24) is 9.80 Å². The average molecular weight is 489 g/mol. The predicted molar refractivity (Wildman–Crippen MR) is 145 cm³/mol. The first-order valence-corrected chi connectivity index (χ1v) is 13.6. The van der Waals surface area contributed by atoms with Gasteiger partial charge in [0.05, 0.1) is 0 Å². The van der Waals surface area contributed by atoms with E-state index >= 15 is 0 Å². The molecule has 0 amide bonds. The molecule has 3 nitrogen and oxygen atoms in total. The molecule has 0 bridgehead atoms. The molecule has 0 saturated carbocycles. The Morgan fingerprint density at radius 2 is 1.57 bits per heavy atom. The Bertz CT molecular complexity index is 1080. The Hall–Kier alpha value is -2.33. The van der Waals surface area contributed by atoms with E-state index in [2.05, 4.69) is 76.5 Å². The molecule has 3 aromatic carbocycles. The van der Waals surface area contributed by atoms with Gasteiger partial charge in [-0.1, -0.05) is 72.6 Å². The molecule has 184 valence electrons. The van der Waals surface area contributed by atoms with Crippen molar-refractivity contribution in [3.05, 3.63) is 100 Å². The van der Waals surface area contributed by atoms with Crippen LogP contribution in [0.15, 0.2) is 72.8 Å². The van der Waals surface area contributed by atoms with E-state index in [1.165, 1.54) is 61.0 Å². The van der Waals surface area contributed by atoms with Crippen molar-refractivity contribution in [2.24, 2.45) is 5.92 Å². The van der Waals surface area contributed by atoms with Gasteiger partial charge in [0.15, 0.2) is 0 Å². The van der Waals surface area contributed by atoms with Crippen LogP contribution in [-0.2, 0) is 26.1 Å². The Labute approximate surface area is 215 Å². The molecule has 35 heavy (non-hydrogen) atoms. The summed E-state index contributed by atoms with van der Waals surface area (Å²) in [5, 5.41) is 0.839. The maximum absolute atomic E-state index is 6.15. The van der Waals surface area contributed by atoms with E-state index in [0.717, 1.165) is 55.9 Å². The number of ether oxygens (including phenoxy) is 1. The van der Waals surface area contributed by atoms with E-state index in [1.807, 2.05) is 6.07 Å². The predicted octanol–water partition coefficient (Wildman–Crippen LogP) is 6.97. The first-order valence-electron chi connectivity index (χ1n) is 13.2. The number of likely N-dealkylation sites (tertiary alicyclic amines) is 1. The topological polar surface area (TPSA) is 15.7 Å².